The average Bonchev–Trinajstić information content (AvgIpc) is 2.62. The number of likely N-dealkylation sites (N-methyl/N-ethyl adjacent to an activating group) is 1. The Bertz CT molecular complexity index is 722. The summed E-state index contributed by atoms with van der Waals surface area (Å²) in [7, 11) is 1.79. The van der Waals surface area contributed by atoms with Crippen LogP contribution in [-0.4, -0.2) is 57.4 Å². The van der Waals surface area contributed by atoms with Gasteiger partial charge in [-0.25, -0.2) is 15.0 Å². The summed E-state index contributed by atoms with van der Waals surface area (Å²) in [5.74, 6) is 2.38. The van der Waals surface area contributed by atoms with Crippen molar-refractivity contribution >= 4 is 17.5 Å². The molecule has 3 heterocycles. The number of anilines is 2. The van der Waals surface area contributed by atoms with Crippen LogP contribution in [0, 0.1) is 6.92 Å². The molecule has 1 aliphatic heterocycles. The van der Waals surface area contributed by atoms with E-state index in [2.05, 4.69) is 30.6 Å². The molecule has 1 atom stereocenters. The van der Waals surface area contributed by atoms with E-state index in [0.29, 0.717) is 24.7 Å². The molecule has 2 N–H and O–H groups in total. The summed E-state index contributed by atoms with van der Waals surface area (Å²) in [6.07, 6.45) is 6.85. The van der Waals surface area contributed by atoms with Crippen molar-refractivity contribution in [1.82, 2.24) is 30.2 Å². The van der Waals surface area contributed by atoms with E-state index in [1.165, 1.54) is 0 Å². The predicted molar refractivity (Wildman–Crippen MR) is 94.6 cm³/mol. The van der Waals surface area contributed by atoms with Crippen molar-refractivity contribution in [3.05, 3.63) is 36.2 Å². The molecule has 0 unspecified atom stereocenters. The van der Waals surface area contributed by atoms with Gasteiger partial charge in [0.2, 0.25) is 5.91 Å². The number of hydrogen-bond acceptors (Lipinski definition) is 7. The van der Waals surface area contributed by atoms with Crippen LogP contribution in [0.2, 0.25) is 0 Å². The molecule has 132 valence electrons. The van der Waals surface area contributed by atoms with Gasteiger partial charge in [0.25, 0.3) is 0 Å². The zero-order valence-electron chi connectivity index (χ0n) is 14.6. The topological polar surface area (TPSA) is 95.9 Å². The minimum atomic E-state index is 0.123. The number of piperidine rings is 1. The maximum Gasteiger partial charge on any atom is 0.236 e. The first-order chi connectivity index (χ1) is 12.2. The van der Waals surface area contributed by atoms with E-state index in [1.54, 1.807) is 25.6 Å². The number of hydrogen-bond donors (Lipinski definition) is 2. The smallest absolute Gasteiger partial charge is 0.236 e. The van der Waals surface area contributed by atoms with E-state index in [1.807, 2.05) is 17.9 Å². The molecular weight excluding hydrogens is 318 g/mol. The minimum absolute atomic E-state index is 0.123. The molecule has 1 saturated heterocycles. The normalized spacial score (nSPS) is 17.4. The highest BCUT2D eigenvalue weighted by Crippen LogP contribution is 2.26. The number of amides is 1. The van der Waals surface area contributed by atoms with E-state index in [-0.39, 0.29) is 11.8 Å². The largest absolute Gasteiger partial charge is 0.341 e. The van der Waals surface area contributed by atoms with Crippen molar-refractivity contribution in [3.8, 4) is 0 Å². The molecule has 1 aliphatic rings. The summed E-state index contributed by atoms with van der Waals surface area (Å²) in [5, 5.41) is 6.08. The molecule has 0 aliphatic carbocycles. The van der Waals surface area contributed by atoms with Crippen LogP contribution in [0.4, 0.5) is 11.6 Å². The average molecular weight is 341 g/mol. The third-order valence-corrected chi connectivity index (χ3v) is 4.16. The fourth-order valence-electron chi connectivity index (χ4n) is 3.01. The van der Waals surface area contributed by atoms with Crippen LogP contribution in [0.1, 0.15) is 30.3 Å². The first-order valence-corrected chi connectivity index (χ1v) is 8.46. The number of aryl methyl sites for hydroxylation is 1. The third-order valence-electron chi connectivity index (χ3n) is 4.16. The number of carbonyl (C=O) groups excluding carboxylic acids is 1. The molecule has 25 heavy (non-hydrogen) atoms. The fourth-order valence-corrected chi connectivity index (χ4v) is 3.01. The molecule has 3 rings (SSSR count). The first kappa shape index (κ1) is 17.2. The lowest BCUT2D eigenvalue weighted by Gasteiger charge is -2.32. The van der Waals surface area contributed by atoms with Gasteiger partial charge in [-0.2, -0.15) is 0 Å². The molecule has 0 bridgehead atoms. The Morgan fingerprint density at radius 1 is 1.32 bits per heavy atom. The molecule has 2 aromatic heterocycles. The van der Waals surface area contributed by atoms with Crippen LogP contribution in [0.5, 0.6) is 0 Å². The molecule has 0 spiro atoms. The lowest BCUT2D eigenvalue weighted by atomic mass is 9.97. The quantitative estimate of drug-likeness (QED) is 0.845. The molecule has 0 aromatic carbocycles. The summed E-state index contributed by atoms with van der Waals surface area (Å²) < 4.78 is 0. The first-order valence-electron chi connectivity index (χ1n) is 8.46. The van der Waals surface area contributed by atoms with Gasteiger partial charge in [-0.3, -0.25) is 9.78 Å². The van der Waals surface area contributed by atoms with Gasteiger partial charge in [0, 0.05) is 43.2 Å². The zero-order chi connectivity index (χ0) is 17.6. The number of rotatable bonds is 5. The maximum absolute atomic E-state index is 12.1. The molecule has 0 saturated carbocycles. The molecule has 1 fully saturated rings. The van der Waals surface area contributed by atoms with Crippen LogP contribution >= 0.6 is 0 Å². The van der Waals surface area contributed by atoms with Gasteiger partial charge < -0.3 is 15.5 Å². The second-order valence-electron chi connectivity index (χ2n) is 6.18. The summed E-state index contributed by atoms with van der Waals surface area (Å²) in [6.45, 7) is 3.77. The Morgan fingerprint density at radius 3 is 2.96 bits per heavy atom. The van der Waals surface area contributed by atoms with Gasteiger partial charge in [0.15, 0.2) is 0 Å². The molecule has 8 heteroatoms. The SMILES string of the molecule is CNCC(=O)N1CCC[C@@H](c2nc(C)cc(Nc3cnccn3)n2)C1. The fraction of sp³-hybridized carbons (Fsp3) is 0.471. The Labute approximate surface area is 147 Å². The van der Waals surface area contributed by atoms with Gasteiger partial charge in [-0.05, 0) is 26.8 Å². The highest BCUT2D eigenvalue weighted by atomic mass is 16.2. The molecule has 2 aromatic rings. The van der Waals surface area contributed by atoms with Gasteiger partial charge in [-0.1, -0.05) is 0 Å². The highest BCUT2D eigenvalue weighted by Gasteiger charge is 2.26. The van der Waals surface area contributed by atoms with E-state index in [9.17, 15) is 4.79 Å². The number of nitrogens with zero attached hydrogens (tertiary/aromatic N) is 5. The van der Waals surface area contributed by atoms with Crippen LogP contribution in [0.25, 0.3) is 0 Å². The molecular formula is C17H23N7O. The molecule has 0 radical (unpaired) electrons. The molecule has 1 amide bonds. The standard InChI is InChI=1S/C17H23N7O/c1-12-8-14(22-15-9-19-5-6-20-15)23-17(21-12)13-4-3-7-24(11-13)16(25)10-18-2/h5-6,8-9,13,18H,3-4,7,10-11H2,1-2H3,(H,20,21,22,23)/t13-/m1/s1. The number of carbonyl (C=O) groups is 1. The van der Waals surface area contributed by atoms with Crippen LogP contribution in [0.3, 0.4) is 0 Å². The summed E-state index contributed by atoms with van der Waals surface area (Å²) >= 11 is 0. The second-order valence-corrected chi connectivity index (χ2v) is 6.18. The Hall–Kier alpha value is -2.61. The van der Waals surface area contributed by atoms with Gasteiger partial charge in [-0.15, -0.1) is 0 Å². The van der Waals surface area contributed by atoms with Crippen LogP contribution in [0.15, 0.2) is 24.7 Å². The van der Waals surface area contributed by atoms with E-state index >= 15 is 0 Å². The second kappa shape index (κ2) is 7.98. The zero-order valence-corrected chi connectivity index (χ0v) is 14.6. The maximum atomic E-state index is 12.1. The van der Waals surface area contributed by atoms with Crippen LogP contribution < -0.4 is 10.6 Å². The van der Waals surface area contributed by atoms with Crippen LogP contribution in [-0.2, 0) is 4.79 Å². The highest BCUT2D eigenvalue weighted by molar-refractivity contribution is 5.78. The Balaban J connectivity index is 1.76. The van der Waals surface area contributed by atoms with Crippen molar-refractivity contribution in [2.45, 2.75) is 25.7 Å². The van der Waals surface area contributed by atoms with Crippen molar-refractivity contribution < 1.29 is 4.79 Å². The van der Waals surface area contributed by atoms with Gasteiger partial charge in [0.1, 0.15) is 17.5 Å². The van der Waals surface area contributed by atoms with Crippen molar-refractivity contribution in [2.75, 3.05) is 32.0 Å². The van der Waals surface area contributed by atoms with Crippen molar-refractivity contribution in [2.24, 2.45) is 0 Å². The third kappa shape index (κ3) is 4.48. The Kier molecular flexibility index (Phi) is 5.49. The lowest BCUT2D eigenvalue weighted by molar-refractivity contribution is -0.131. The van der Waals surface area contributed by atoms with E-state index in [4.69, 9.17) is 0 Å². The predicted octanol–water partition coefficient (Wildman–Crippen LogP) is 1.24. The number of likely N-dealkylation sites (tertiary alicyclic amines) is 1. The van der Waals surface area contributed by atoms with Crippen molar-refractivity contribution in [3.63, 3.8) is 0 Å². The minimum Gasteiger partial charge on any atom is -0.341 e. The van der Waals surface area contributed by atoms with Gasteiger partial charge in [0.05, 0.1) is 12.7 Å². The summed E-state index contributed by atoms with van der Waals surface area (Å²) in [5.41, 5.74) is 0.884. The monoisotopic (exact) mass is 341 g/mol. The van der Waals surface area contributed by atoms with E-state index in [0.717, 1.165) is 30.9 Å². The van der Waals surface area contributed by atoms with E-state index < -0.39 is 0 Å². The number of nitrogens with one attached hydrogen (secondary N) is 2. The van der Waals surface area contributed by atoms with Crippen molar-refractivity contribution in [1.29, 1.82) is 0 Å². The Morgan fingerprint density at radius 2 is 2.20 bits per heavy atom. The summed E-state index contributed by atoms with van der Waals surface area (Å²) in [4.78, 5) is 31.5. The summed E-state index contributed by atoms with van der Waals surface area (Å²) in [6, 6.07) is 1.88. The van der Waals surface area contributed by atoms with Gasteiger partial charge >= 0.3 is 0 Å². The molecule has 8 nitrogen and oxygen atoms in total. The lowest BCUT2D eigenvalue weighted by Crippen LogP contribution is -2.43. The number of aromatic nitrogens is 4.